The van der Waals surface area contributed by atoms with Crippen LogP contribution in [-0.2, 0) is 11.3 Å². The lowest BCUT2D eigenvalue weighted by atomic mass is 9.99. The summed E-state index contributed by atoms with van der Waals surface area (Å²) in [5.74, 6) is -0.0888. The molecule has 10 nitrogen and oxygen atoms in total. The van der Waals surface area contributed by atoms with Crippen LogP contribution in [0.5, 0.6) is 0 Å². The summed E-state index contributed by atoms with van der Waals surface area (Å²) in [6.45, 7) is 8.49. The molecular formula is C25H33N7O3. The first-order valence-electron chi connectivity index (χ1n) is 11.6. The van der Waals surface area contributed by atoms with Crippen LogP contribution in [0.2, 0.25) is 0 Å². The summed E-state index contributed by atoms with van der Waals surface area (Å²) in [7, 11) is 0. The standard InChI is InChI=1S/C25H33N7O3/c1-14(2)29-23-19(11-26)18(24(34)28-13-20-15(3)9-16(4)30-25(20)35)10-21(31-23)17-5-7-32(8-6-17)22(33)12-27/h5,9-11,14,26H,6-8,12-13,27H2,1-4H3,(H,28,34)(H,29,31)(H,30,35). The molecule has 0 atom stereocenters. The number of hydrogen-bond donors (Lipinski definition) is 5. The zero-order valence-electron chi connectivity index (χ0n) is 20.6. The first kappa shape index (κ1) is 25.8. The van der Waals surface area contributed by atoms with Crippen LogP contribution in [0.25, 0.3) is 5.57 Å². The van der Waals surface area contributed by atoms with E-state index < -0.39 is 5.91 Å². The van der Waals surface area contributed by atoms with Crippen molar-refractivity contribution in [3.63, 3.8) is 0 Å². The van der Waals surface area contributed by atoms with Gasteiger partial charge in [0.1, 0.15) is 5.82 Å². The van der Waals surface area contributed by atoms with E-state index in [1.165, 1.54) is 0 Å². The van der Waals surface area contributed by atoms with Crippen LogP contribution in [-0.4, -0.2) is 58.6 Å². The van der Waals surface area contributed by atoms with Gasteiger partial charge in [0, 0.05) is 48.7 Å². The molecule has 3 heterocycles. The molecule has 1 aliphatic heterocycles. The molecular weight excluding hydrogens is 446 g/mol. The normalized spacial score (nSPS) is 13.4. The first-order chi connectivity index (χ1) is 16.6. The summed E-state index contributed by atoms with van der Waals surface area (Å²) in [5.41, 5.74) is 9.44. The van der Waals surface area contributed by atoms with Gasteiger partial charge < -0.3 is 31.7 Å². The fourth-order valence-corrected chi connectivity index (χ4v) is 4.06. The number of pyridine rings is 2. The SMILES string of the molecule is Cc1cc(C)c(CNC(=O)c2cc(C3=CCN(C(=O)CN)CC3)nc(NC(C)C)c2C=N)c(=O)[nH]1. The maximum Gasteiger partial charge on any atom is 0.253 e. The van der Waals surface area contributed by atoms with Crippen molar-refractivity contribution in [2.75, 3.05) is 25.0 Å². The van der Waals surface area contributed by atoms with E-state index in [2.05, 4.69) is 15.6 Å². The number of anilines is 1. The summed E-state index contributed by atoms with van der Waals surface area (Å²) in [5, 5.41) is 14.0. The molecule has 0 aromatic carbocycles. The van der Waals surface area contributed by atoms with Gasteiger partial charge in [0.15, 0.2) is 0 Å². The number of nitrogens with two attached hydrogens (primary N) is 1. The lowest BCUT2D eigenvalue weighted by Gasteiger charge is -2.26. The largest absolute Gasteiger partial charge is 0.367 e. The van der Waals surface area contributed by atoms with Gasteiger partial charge in [-0.15, -0.1) is 0 Å². The van der Waals surface area contributed by atoms with E-state index in [4.69, 9.17) is 16.1 Å². The molecule has 2 aromatic heterocycles. The number of carbonyl (C=O) groups is 2. The van der Waals surface area contributed by atoms with E-state index in [1.54, 1.807) is 17.9 Å². The van der Waals surface area contributed by atoms with E-state index in [0.29, 0.717) is 42.1 Å². The molecule has 10 heteroatoms. The van der Waals surface area contributed by atoms with Crippen molar-refractivity contribution < 1.29 is 9.59 Å². The van der Waals surface area contributed by atoms with Crippen molar-refractivity contribution in [1.29, 1.82) is 5.41 Å². The van der Waals surface area contributed by atoms with Crippen LogP contribution in [0, 0.1) is 19.3 Å². The van der Waals surface area contributed by atoms with Crippen molar-refractivity contribution in [1.82, 2.24) is 20.2 Å². The van der Waals surface area contributed by atoms with Gasteiger partial charge in [-0.1, -0.05) is 6.08 Å². The lowest BCUT2D eigenvalue weighted by Crippen LogP contribution is -2.38. The Labute approximate surface area is 204 Å². The molecule has 0 saturated heterocycles. The number of aromatic nitrogens is 2. The van der Waals surface area contributed by atoms with Gasteiger partial charge >= 0.3 is 0 Å². The van der Waals surface area contributed by atoms with Crippen LogP contribution < -0.4 is 21.9 Å². The number of rotatable bonds is 8. The highest BCUT2D eigenvalue weighted by Crippen LogP contribution is 2.27. The minimum Gasteiger partial charge on any atom is -0.367 e. The molecule has 0 spiro atoms. The molecule has 0 radical (unpaired) electrons. The lowest BCUT2D eigenvalue weighted by molar-refractivity contribution is -0.129. The van der Waals surface area contributed by atoms with Crippen LogP contribution in [0.15, 0.2) is 23.0 Å². The molecule has 35 heavy (non-hydrogen) atoms. The Balaban J connectivity index is 1.96. The van der Waals surface area contributed by atoms with Gasteiger partial charge in [0.25, 0.3) is 11.5 Å². The fourth-order valence-electron chi connectivity index (χ4n) is 4.06. The predicted molar refractivity (Wildman–Crippen MR) is 137 cm³/mol. The second-order valence-corrected chi connectivity index (χ2v) is 8.91. The van der Waals surface area contributed by atoms with Gasteiger partial charge in [0.2, 0.25) is 5.91 Å². The maximum absolute atomic E-state index is 13.3. The summed E-state index contributed by atoms with van der Waals surface area (Å²) < 4.78 is 0. The maximum atomic E-state index is 13.3. The van der Waals surface area contributed by atoms with Crippen LogP contribution in [0.4, 0.5) is 5.82 Å². The summed E-state index contributed by atoms with van der Waals surface area (Å²) in [6.07, 6.45) is 3.60. The zero-order valence-corrected chi connectivity index (χ0v) is 20.6. The highest BCUT2D eigenvalue weighted by molar-refractivity contribution is 6.05. The Hall–Kier alpha value is -3.79. The average molecular weight is 480 g/mol. The average Bonchev–Trinajstić information content (AvgIpc) is 2.82. The number of aromatic amines is 1. The van der Waals surface area contributed by atoms with Crippen molar-refractivity contribution in [3.8, 4) is 0 Å². The summed E-state index contributed by atoms with van der Waals surface area (Å²) in [6, 6.07) is 3.55. The number of carbonyl (C=O) groups excluding carboxylic acids is 2. The molecule has 0 aliphatic carbocycles. The van der Waals surface area contributed by atoms with Crippen LogP contribution in [0.1, 0.15) is 58.7 Å². The quantitative estimate of drug-likeness (QED) is 0.363. The summed E-state index contributed by atoms with van der Waals surface area (Å²) >= 11 is 0. The highest BCUT2D eigenvalue weighted by atomic mass is 16.2. The number of aryl methyl sites for hydroxylation is 2. The molecule has 6 N–H and O–H groups in total. The molecule has 3 rings (SSSR count). The highest BCUT2D eigenvalue weighted by Gasteiger charge is 2.22. The van der Waals surface area contributed by atoms with Crippen molar-refractivity contribution in [3.05, 3.63) is 62.2 Å². The summed E-state index contributed by atoms with van der Waals surface area (Å²) in [4.78, 5) is 46.7. The van der Waals surface area contributed by atoms with Gasteiger partial charge in [-0.2, -0.15) is 0 Å². The van der Waals surface area contributed by atoms with Gasteiger partial charge in [-0.05, 0) is 57.4 Å². The third kappa shape index (κ3) is 6.02. The Bertz CT molecular complexity index is 1230. The van der Waals surface area contributed by atoms with E-state index >= 15 is 0 Å². The van der Waals surface area contributed by atoms with Crippen LogP contribution >= 0.6 is 0 Å². The molecule has 2 aromatic rings. The van der Waals surface area contributed by atoms with Crippen molar-refractivity contribution in [2.24, 2.45) is 5.73 Å². The Morgan fingerprint density at radius 2 is 2.06 bits per heavy atom. The van der Waals surface area contributed by atoms with Crippen LogP contribution in [0.3, 0.4) is 0 Å². The fraction of sp³-hybridized carbons (Fsp3) is 0.400. The first-order valence-corrected chi connectivity index (χ1v) is 11.6. The second-order valence-electron chi connectivity index (χ2n) is 8.91. The minimum absolute atomic E-state index is 0.0270. The molecule has 0 unspecified atom stereocenters. The number of amides is 2. The number of hydrogen-bond acceptors (Lipinski definition) is 7. The zero-order chi connectivity index (χ0) is 25.7. The third-order valence-corrected chi connectivity index (χ3v) is 5.86. The van der Waals surface area contributed by atoms with E-state index in [9.17, 15) is 14.4 Å². The number of nitrogens with one attached hydrogen (secondary N) is 4. The topological polar surface area (TPSA) is 157 Å². The Kier molecular flexibility index (Phi) is 8.18. The molecule has 2 amide bonds. The van der Waals surface area contributed by atoms with E-state index in [0.717, 1.165) is 23.0 Å². The van der Waals surface area contributed by atoms with E-state index in [-0.39, 0.29) is 36.2 Å². The van der Waals surface area contributed by atoms with E-state index in [1.807, 2.05) is 32.9 Å². The van der Waals surface area contributed by atoms with Gasteiger partial charge in [0.05, 0.1) is 17.8 Å². The molecule has 186 valence electrons. The molecule has 0 saturated carbocycles. The van der Waals surface area contributed by atoms with Gasteiger partial charge in [-0.25, -0.2) is 4.98 Å². The van der Waals surface area contributed by atoms with Crippen molar-refractivity contribution in [2.45, 2.75) is 46.7 Å². The predicted octanol–water partition coefficient (Wildman–Crippen LogP) is 1.71. The Morgan fingerprint density at radius 1 is 1.31 bits per heavy atom. The third-order valence-electron chi connectivity index (χ3n) is 5.86. The van der Waals surface area contributed by atoms with Gasteiger partial charge in [-0.3, -0.25) is 14.4 Å². The molecule has 1 aliphatic rings. The minimum atomic E-state index is -0.408. The number of nitrogens with zero attached hydrogens (tertiary/aromatic N) is 2. The Morgan fingerprint density at radius 3 is 2.63 bits per heavy atom. The second kappa shape index (κ2) is 11.1. The molecule has 0 fully saturated rings. The van der Waals surface area contributed by atoms with Crippen molar-refractivity contribution >= 4 is 29.4 Å². The smallest absolute Gasteiger partial charge is 0.253 e. The molecule has 0 bridgehead atoms. The monoisotopic (exact) mass is 479 g/mol. The number of H-pyrrole nitrogens is 1.